The molecule has 1 heterocycles. The van der Waals surface area contributed by atoms with Gasteiger partial charge >= 0.3 is 0 Å². The first-order valence-corrected chi connectivity index (χ1v) is 6.03. The highest BCUT2D eigenvalue weighted by atomic mass is 19.1. The Kier molecular flexibility index (Phi) is 3.74. The number of rotatable bonds is 3. The van der Waals surface area contributed by atoms with Crippen LogP contribution < -0.4 is 5.73 Å². The van der Waals surface area contributed by atoms with E-state index in [1.165, 1.54) is 12.1 Å². The van der Waals surface area contributed by atoms with Gasteiger partial charge in [0, 0.05) is 24.2 Å². The van der Waals surface area contributed by atoms with Crippen LogP contribution in [0.25, 0.3) is 0 Å². The van der Waals surface area contributed by atoms with E-state index in [1.54, 1.807) is 6.07 Å². The van der Waals surface area contributed by atoms with E-state index in [0.717, 1.165) is 11.8 Å². The first-order valence-electron chi connectivity index (χ1n) is 6.03. The molecule has 1 aromatic heterocycles. The Labute approximate surface area is 110 Å². The number of hydrogen-bond donors (Lipinski definition) is 1. The number of aromatic nitrogens is 2. The molecule has 100 valence electrons. The van der Waals surface area contributed by atoms with Crippen molar-refractivity contribution in [2.45, 2.75) is 26.2 Å². The molecule has 0 bridgehead atoms. The van der Waals surface area contributed by atoms with Gasteiger partial charge in [0.15, 0.2) is 0 Å². The molecule has 0 aliphatic rings. The van der Waals surface area contributed by atoms with Crippen LogP contribution >= 0.6 is 0 Å². The lowest BCUT2D eigenvalue weighted by Crippen LogP contribution is -2.06. The second-order valence-electron chi connectivity index (χ2n) is 4.70. The lowest BCUT2D eigenvalue weighted by atomic mass is 10.1. The van der Waals surface area contributed by atoms with Crippen molar-refractivity contribution in [1.82, 2.24) is 9.97 Å². The van der Waals surface area contributed by atoms with Gasteiger partial charge in [0.2, 0.25) is 0 Å². The summed E-state index contributed by atoms with van der Waals surface area (Å²) in [6, 6.07) is 5.17. The molecule has 19 heavy (non-hydrogen) atoms. The number of nitrogen functional groups attached to an aromatic ring is 1. The maximum Gasteiger partial charge on any atom is 0.135 e. The SMILES string of the molecule is CC(C)c1cc(N)nc(Cc2ccc(F)cc2F)n1. The van der Waals surface area contributed by atoms with Crippen LogP contribution in [0.4, 0.5) is 14.6 Å². The number of nitrogens with two attached hydrogens (primary N) is 1. The maximum absolute atomic E-state index is 13.6. The highest BCUT2D eigenvalue weighted by molar-refractivity contribution is 5.32. The van der Waals surface area contributed by atoms with Crippen LogP contribution in [0.15, 0.2) is 24.3 Å². The molecule has 0 fully saturated rings. The fourth-order valence-electron chi connectivity index (χ4n) is 1.75. The summed E-state index contributed by atoms with van der Waals surface area (Å²) < 4.78 is 26.4. The molecule has 0 aliphatic carbocycles. The van der Waals surface area contributed by atoms with Gasteiger partial charge in [-0.2, -0.15) is 0 Å². The fourth-order valence-corrected chi connectivity index (χ4v) is 1.75. The van der Waals surface area contributed by atoms with E-state index in [9.17, 15) is 8.78 Å². The van der Waals surface area contributed by atoms with Gasteiger partial charge in [-0.05, 0) is 17.5 Å². The van der Waals surface area contributed by atoms with Crippen LogP contribution in [0.2, 0.25) is 0 Å². The molecule has 0 saturated carbocycles. The Hall–Kier alpha value is -2.04. The van der Waals surface area contributed by atoms with Crippen LogP contribution in [0, 0.1) is 11.6 Å². The third kappa shape index (κ3) is 3.24. The lowest BCUT2D eigenvalue weighted by Gasteiger charge is -2.08. The third-order valence-corrected chi connectivity index (χ3v) is 2.77. The van der Waals surface area contributed by atoms with Crippen molar-refractivity contribution in [1.29, 1.82) is 0 Å². The van der Waals surface area contributed by atoms with Crippen molar-refractivity contribution in [3.8, 4) is 0 Å². The van der Waals surface area contributed by atoms with Gasteiger partial charge in [-0.15, -0.1) is 0 Å². The Morgan fingerprint density at radius 3 is 2.53 bits per heavy atom. The topological polar surface area (TPSA) is 51.8 Å². The summed E-state index contributed by atoms with van der Waals surface area (Å²) in [5.41, 5.74) is 6.87. The average Bonchev–Trinajstić information content (AvgIpc) is 2.32. The molecule has 0 aliphatic heterocycles. The molecule has 0 radical (unpaired) electrons. The first kappa shape index (κ1) is 13.4. The van der Waals surface area contributed by atoms with Crippen LogP contribution in [0.5, 0.6) is 0 Å². The number of nitrogens with zero attached hydrogens (tertiary/aromatic N) is 2. The zero-order valence-corrected chi connectivity index (χ0v) is 10.8. The lowest BCUT2D eigenvalue weighted by molar-refractivity contribution is 0.573. The van der Waals surface area contributed by atoms with Gasteiger partial charge in [-0.25, -0.2) is 18.7 Å². The summed E-state index contributed by atoms with van der Waals surface area (Å²) in [6.07, 6.45) is 0.191. The van der Waals surface area contributed by atoms with E-state index in [2.05, 4.69) is 9.97 Å². The molecule has 2 rings (SSSR count). The van der Waals surface area contributed by atoms with Crippen molar-refractivity contribution < 1.29 is 8.78 Å². The minimum absolute atomic E-state index is 0.191. The molecule has 0 amide bonds. The number of benzene rings is 1. The number of hydrogen-bond acceptors (Lipinski definition) is 3. The van der Waals surface area contributed by atoms with Crippen LogP contribution in [-0.2, 0) is 6.42 Å². The second kappa shape index (κ2) is 5.30. The normalized spacial score (nSPS) is 11.0. The molecular formula is C14H15F2N3. The summed E-state index contributed by atoms with van der Waals surface area (Å²) in [5.74, 6) is -0.192. The molecule has 1 aromatic carbocycles. The minimum atomic E-state index is -0.600. The van der Waals surface area contributed by atoms with Gasteiger partial charge in [0.25, 0.3) is 0 Å². The summed E-state index contributed by atoms with van der Waals surface area (Å²) in [7, 11) is 0. The van der Waals surface area contributed by atoms with Crippen LogP contribution in [-0.4, -0.2) is 9.97 Å². The van der Waals surface area contributed by atoms with Gasteiger partial charge < -0.3 is 5.73 Å². The van der Waals surface area contributed by atoms with E-state index in [4.69, 9.17) is 5.73 Å². The van der Waals surface area contributed by atoms with E-state index >= 15 is 0 Å². The zero-order valence-electron chi connectivity index (χ0n) is 10.8. The Morgan fingerprint density at radius 2 is 1.89 bits per heavy atom. The van der Waals surface area contributed by atoms with E-state index in [1.807, 2.05) is 13.8 Å². The Balaban J connectivity index is 2.32. The van der Waals surface area contributed by atoms with E-state index < -0.39 is 11.6 Å². The van der Waals surface area contributed by atoms with Crippen molar-refractivity contribution in [2.24, 2.45) is 0 Å². The summed E-state index contributed by atoms with van der Waals surface area (Å²) in [4.78, 5) is 8.42. The maximum atomic E-state index is 13.6. The molecule has 3 nitrogen and oxygen atoms in total. The smallest absolute Gasteiger partial charge is 0.135 e. The molecule has 5 heteroatoms. The van der Waals surface area contributed by atoms with Crippen LogP contribution in [0.3, 0.4) is 0 Å². The molecule has 2 N–H and O–H groups in total. The van der Waals surface area contributed by atoms with Crippen molar-refractivity contribution >= 4 is 5.82 Å². The number of halogens is 2. The van der Waals surface area contributed by atoms with E-state index in [0.29, 0.717) is 17.2 Å². The standard InChI is InChI=1S/C14H15F2N3/c1-8(2)12-7-13(17)19-14(18-12)5-9-3-4-10(15)6-11(9)16/h3-4,6-8H,5H2,1-2H3,(H2,17,18,19). The second-order valence-corrected chi connectivity index (χ2v) is 4.70. The van der Waals surface area contributed by atoms with Crippen molar-refractivity contribution in [3.63, 3.8) is 0 Å². The minimum Gasteiger partial charge on any atom is -0.384 e. The largest absolute Gasteiger partial charge is 0.384 e. The summed E-state index contributed by atoms with van der Waals surface area (Å²) in [6.45, 7) is 3.98. The quantitative estimate of drug-likeness (QED) is 0.926. The first-order chi connectivity index (χ1) is 8.95. The van der Waals surface area contributed by atoms with Gasteiger partial charge in [0.05, 0.1) is 0 Å². The van der Waals surface area contributed by atoms with Gasteiger partial charge in [0.1, 0.15) is 23.3 Å². The molecule has 0 atom stereocenters. The Bertz CT molecular complexity index is 597. The van der Waals surface area contributed by atoms with Gasteiger partial charge in [-0.1, -0.05) is 19.9 Å². The molecule has 2 aromatic rings. The van der Waals surface area contributed by atoms with Crippen molar-refractivity contribution in [2.75, 3.05) is 5.73 Å². The predicted molar refractivity (Wildman–Crippen MR) is 69.7 cm³/mol. The summed E-state index contributed by atoms with van der Waals surface area (Å²) in [5, 5.41) is 0. The zero-order chi connectivity index (χ0) is 14.0. The number of anilines is 1. The summed E-state index contributed by atoms with van der Waals surface area (Å²) >= 11 is 0. The molecule has 0 unspecified atom stereocenters. The molecule has 0 spiro atoms. The predicted octanol–water partition coefficient (Wildman–Crippen LogP) is 3.05. The monoisotopic (exact) mass is 263 g/mol. The van der Waals surface area contributed by atoms with Gasteiger partial charge in [-0.3, -0.25) is 0 Å². The highest BCUT2D eigenvalue weighted by Gasteiger charge is 2.10. The van der Waals surface area contributed by atoms with Crippen molar-refractivity contribution in [3.05, 3.63) is 53.0 Å². The highest BCUT2D eigenvalue weighted by Crippen LogP contribution is 2.17. The third-order valence-electron chi connectivity index (χ3n) is 2.77. The molecule has 0 saturated heterocycles. The fraction of sp³-hybridized carbons (Fsp3) is 0.286. The Morgan fingerprint density at radius 1 is 1.16 bits per heavy atom. The average molecular weight is 263 g/mol. The van der Waals surface area contributed by atoms with Crippen LogP contribution in [0.1, 0.15) is 36.8 Å². The molecular weight excluding hydrogens is 248 g/mol. The van der Waals surface area contributed by atoms with E-state index in [-0.39, 0.29) is 12.3 Å².